The first kappa shape index (κ1) is 19.1. The maximum absolute atomic E-state index is 10.9. The van der Waals surface area contributed by atoms with Gasteiger partial charge in [0, 0.05) is 11.1 Å². The second-order valence-electron chi connectivity index (χ2n) is 6.04. The lowest BCUT2D eigenvalue weighted by atomic mass is 10.0. The Morgan fingerprint density at radius 3 is 1.82 bits per heavy atom. The number of aliphatic hydroxyl groups excluding tert-OH is 1. The average molecular weight is 312 g/mol. The third-order valence-electron chi connectivity index (χ3n) is 2.76. The van der Waals surface area contributed by atoms with Crippen molar-refractivity contribution in [3.8, 4) is 0 Å². The first-order valence-electron chi connectivity index (χ1n) is 7.66. The molecule has 0 aliphatic carbocycles. The molecule has 0 amide bonds. The van der Waals surface area contributed by atoms with Crippen LogP contribution in [0.4, 0.5) is 0 Å². The Bertz CT molecular complexity index is 446. The Morgan fingerprint density at radius 2 is 1.36 bits per heavy atom. The lowest BCUT2D eigenvalue weighted by Gasteiger charge is -2.34. The van der Waals surface area contributed by atoms with Crippen LogP contribution >= 0.6 is 0 Å². The highest BCUT2D eigenvalue weighted by Crippen LogP contribution is 2.33. The van der Waals surface area contributed by atoms with Gasteiger partial charge in [-0.25, -0.2) is 0 Å². The zero-order chi connectivity index (χ0) is 16.9. The molecule has 0 aliphatic heterocycles. The summed E-state index contributed by atoms with van der Waals surface area (Å²) in [5, 5.41) is 21.1. The molecule has 0 radical (unpaired) electrons. The zero-order valence-electron chi connectivity index (χ0n) is 14.2. The van der Waals surface area contributed by atoms with Crippen LogP contribution in [-0.4, -0.2) is 28.5 Å². The Hall–Kier alpha value is -0.980. The Kier molecular flexibility index (Phi) is 6.97. The molecule has 126 valence electrons. The van der Waals surface area contributed by atoms with Gasteiger partial charge in [-0.05, 0) is 41.5 Å². The van der Waals surface area contributed by atoms with Gasteiger partial charge < -0.3 is 24.4 Å². The Labute approximate surface area is 132 Å². The predicted octanol–water partition coefficient (Wildman–Crippen LogP) is 3.06. The normalized spacial score (nSPS) is 14.1. The minimum Gasteiger partial charge on any atom is -0.364 e. The number of hydrogen-bond acceptors (Lipinski definition) is 5. The standard InChI is InChI=1S/C17H28O5/c1-11(2)20-16(18)14-9-7-8-10-15(14)17(19,21-12(3)4)22-13(5)6/h7-13,16,18-19H,1-6H3. The average Bonchev–Trinajstić information content (AvgIpc) is 2.35. The van der Waals surface area contributed by atoms with Gasteiger partial charge in [0.1, 0.15) is 0 Å². The van der Waals surface area contributed by atoms with Crippen LogP contribution in [0.2, 0.25) is 0 Å². The summed E-state index contributed by atoms with van der Waals surface area (Å²) in [6.45, 7) is 10.9. The van der Waals surface area contributed by atoms with Crippen molar-refractivity contribution in [1.82, 2.24) is 0 Å². The number of hydrogen-bond donors (Lipinski definition) is 2. The van der Waals surface area contributed by atoms with E-state index in [4.69, 9.17) is 14.2 Å². The van der Waals surface area contributed by atoms with E-state index in [9.17, 15) is 10.2 Å². The van der Waals surface area contributed by atoms with E-state index in [2.05, 4.69) is 0 Å². The van der Waals surface area contributed by atoms with Crippen molar-refractivity contribution in [3.63, 3.8) is 0 Å². The van der Waals surface area contributed by atoms with Crippen molar-refractivity contribution in [1.29, 1.82) is 0 Å². The number of ether oxygens (including phenoxy) is 3. The van der Waals surface area contributed by atoms with Crippen molar-refractivity contribution in [3.05, 3.63) is 35.4 Å². The summed E-state index contributed by atoms with van der Waals surface area (Å²) in [4.78, 5) is 0. The van der Waals surface area contributed by atoms with Crippen molar-refractivity contribution in [2.24, 2.45) is 0 Å². The summed E-state index contributed by atoms with van der Waals surface area (Å²) in [6.07, 6.45) is -1.86. The molecule has 0 saturated carbocycles. The van der Waals surface area contributed by atoms with Gasteiger partial charge in [-0.15, -0.1) is 0 Å². The van der Waals surface area contributed by atoms with Crippen LogP contribution in [-0.2, 0) is 20.2 Å². The van der Waals surface area contributed by atoms with E-state index in [1.807, 2.05) is 13.8 Å². The molecule has 0 fully saturated rings. The van der Waals surface area contributed by atoms with Crippen LogP contribution in [0.5, 0.6) is 0 Å². The van der Waals surface area contributed by atoms with Gasteiger partial charge in [0.15, 0.2) is 6.29 Å². The van der Waals surface area contributed by atoms with E-state index in [-0.39, 0.29) is 18.3 Å². The molecule has 0 aliphatic rings. The second kappa shape index (κ2) is 8.04. The van der Waals surface area contributed by atoms with E-state index in [1.54, 1.807) is 52.0 Å². The maximum atomic E-state index is 10.9. The lowest BCUT2D eigenvalue weighted by molar-refractivity contribution is -0.395. The first-order chi connectivity index (χ1) is 10.2. The van der Waals surface area contributed by atoms with Crippen LogP contribution < -0.4 is 0 Å². The smallest absolute Gasteiger partial charge is 0.310 e. The fourth-order valence-electron chi connectivity index (χ4n) is 2.12. The minimum absolute atomic E-state index is 0.159. The second-order valence-corrected chi connectivity index (χ2v) is 6.04. The highest BCUT2D eigenvalue weighted by Gasteiger charge is 2.37. The van der Waals surface area contributed by atoms with E-state index in [0.717, 1.165) is 0 Å². The van der Waals surface area contributed by atoms with Crippen LogP contribution in [0.1, 0.15) is 59.0 Å². The van der Waals surface area contributed by atoms with Crippen LogP contribution in [0, 0.1) is 0 Å². The molecule has 0 aromatic heterocycles. The molecule has 0 heterocycles. The largest absolute Gasteiger partial charge is 0.364 e. The fourth-order valence-corrected chi connectivity index (χ4v) is 2.12. The van der Waals surface area contributed by atoms with E-state index in [0.29, 0.717) is 11.1 Å². The third-order valence-corrected chi connectivity index (χ3v) is 2.76. The molecule has 5 nitrogen and oxygen atoms in total. The van der Waals surface area contributed by atoms with Crippen molar-refractivity contribution < 1.29 is 24.4 Å². The molecule has 0 spiro atoms. The van der Waals surface area contributed by atoms with Gasteiger partial charge in [-0.2, -0.15) is 0 Å². The third kappa shape index (κ3) is 5.34. The van der Waals surface area contributed by atoms with Gasteiger partial charge in [0.05, 0.1) is 18.3 Å². The van der Waals surface area contributed by atoms with Crippen molar-refractivity contribution in [2.75, 3.05) is 0 Å². The number of aliphatic hydroxyl groups is 2. The predicted molar refractivity (Wildman–Crippen MR) is 84.0 cm³/mol. The SMILES string of the molecule is CC(C)OC(O)c1ccccc1C(O)(OC(C)C)OC(C)C. The molecule has 22 heavy (non-hydrogen) atoms. The summed E-state index contributed by atoms with van der Waals surface area (Å²) < 4.78 is 16.6. The molecular weight excluding hydrogens is 284 g/mol. The minimum atomic E-state index is -1.94. The highest BCUT2D eigenvalue weighted by molar-refractivity contribution is 5.30. The maximum Gasteiger partial charge on any atom is 0.310 e. The van der Waals surface area contributed by atoms with Crippen LogP contribution in [0.3, 0.4) is 0 Å². The molecule has 1 atom stereocenters. The Morgan fingerprint density at radius 1 is 0.864 bits per heavy atom. The van der Waals surface area contributed by atoms with Crippen LogP contribution in [0.25, 0.3) is 0 Å². The van der Waals surface area contributed by atoms with Gasteiger partial charge >= 0.3 is 5.97 Å². The number of rotatable bonds is 8. The van der Waals surface area contributed by atoms with Crippen molar-refractivity contribution in [2.45, 2.75) is 72.1 Å². The highest BCUT2D eigenvalue weighted by atomic mass is 16.8. The summed E-state index contributed by atoms with van der Waals surface area (Å²) in [5.41, 5.74) is 0.755. The number of benzene rings is 1. The molecular formula is C17H28O5. The summed E-state index contributed by atoms with van der Waals surface area (Å²) in [6, 6.07) is 6.85. The molecule has 0 bridgehead atoms. The lowest BCUT2D eigenvalue weighted by Crippen LogP contribution is -2.39. The molecule has 1 aromatic carbocycles. The molecule has 2 N–H and O–H groups in total. The van der Waals surface area contributed by atoms with Gasteiger partial charge in [0.2, 0.25) is 0 Å². The monoisotopic (exact) mass is 312 g/mol. The zero-order valence-corrected chi connectivity index (χ0v) is 14.2. The molecule has 5 heteroatoms. The topological polar surface area (TPSA) is 68.2 Å². The molecule has 1 unspecified atom stereocenters. The molecule has 0 saturated heterocycles. The summed E-state index contributed by atoms with van der Waals surface area (Å²) >= 11 is 0. The van der Waals surface area contributed by atoms with Crippen LogP contribution in [0.15, 0.2) is 24.3 Å². The van der Waals surface area contributed by atoms with Gasteiger partial charge in [-0.3, -0.25) is 0 Å². The van der Waals surface area contributed by atoms with E-state index < -0.39 is 12.3 Å². The first-order valence-corrected chi connectivity index (χ1v) is 7.66. The summed E-state index contributed by atoms with van der Waals surface area (Å²) in [5.74, 6) is -1.94. The molecule has 1 rings (SSSR count). The van der Waals surface area contributed by atoms with Crippen molar-refractivity contribution >= 4 is 0 Å². The quantitative estimate of drug-likeness (QED) is 0.722. The Balaban J connectivity index is 3.24. The fraction of sp³-hybridized carbons (Fsp3) is 0.647. The van der Waals surface area contributed by atoms with E-state index in [1.165, 1.54) is 0 Å². The van der Waals surface area contributed by atoms with Gasteiger partial charge in [-0.1, -0.05) is 24.3 Å². The molecule has 1 aromatic rings. The van der Waals surface area contributed by atoms with E-state index >= 15 is 0 Å². The van der Waals surface area contributed by atoms with Gasteiger partial charge in [0.25, 0.3) is 0 Å². The summed E-state index contributed by atoms with van der Waals surface area (Å²) in [7, 11) is 0.